The fraction of sp³-hybridized carbons (Fsp3) is 0.600. The molecule has 4 atom stereocenters. The lowest BCUT2D eigenvalue weighted by atomic mass is 9.84. The Bertz CT molecular complexity index is 355. The van der Waals surface area contributed by atoms with Crippen molar-refractivity contribution in [3.05, 3.63) is 35.9 Å². The van der Waals surface area contributed by atoms with Gasteiger partial charge in [-0.15, -0.1) is 0 Å². The van der Waals surface area contributed by atoms with Crippen LogP contribution in [0.1, 0.15) is 31.9 Å². The second-order valence-corrected chi connectivity index (χ2v) is 4.84. The summed E-state index contributed by atoms with van der Waals surface area (Å²) < 4.78 is 11.1. The van der Waals surface area contributed by atoms with Crippen LogP contribution in [0.2, 0.25) is 0 Å². The van der Waals surface area contributed by atoms with Gasteiger partial charge in [0, 0.05) is 25.8 Å². The van der Waals surface area contributed by atoms with Crippen molar-refractivity contribution in [1.29, 1.82) is 0 Å². The minimum atomic E-state index is 0.177. The van der Waals surface area contributed by atoms with E-state index in [1.807, 2.05) is 13.0 Å². The zero-order chi connectivity index (χ0) is 13.0. The molecule has 3 heteroatoms. The molecular weight excluding hydrogens is 226 g/mol. The molecule has 1 aliphatic carbocycles. The Kier molecular flexibility index (Phi) is 4.75. The number of methoxy groups -OCH3 is 1. The van der Waals surface area contributed by atoms with Gasteiger partial charge in [-0.3, -0.25) is 0 Å². The Hall–Kier alpha value is -0.900. The topological polar surface area (TPSA) is 30.5 Å². The maximum Gasteiger partial charge on any atom is 0.0987 e. The maximum atomic E-state index is 5.63. The molecule has 1 aliphatic rings. The molecule has 1 N–H and O–H groups in total. The van der Waals surface area contributed by atoms with Crippen molar-refractivity contribution in [1.82, 2.24) is 5.32 Å². The second kappa shape index (κ2) is 6.32. The van der Waals surface area contributed by atoms with Gasteiger partial charge in [-0.2, -0.15) is 0 Å². The first-order valence-corrected chi connectivity index (χ1v) is 6.71. The molecule has 1 saturated carbocycles. The summed E-state index contributed by atoms with van der Waals surface area (Å²) >= 11 is 0. The van der Waals surface area contributed by atoms with Crippen LogP contribution in [0.15, 0.2) is 30.3 Å². The highest BCUT2D eigenvalue weighted by molar-refractivity contribution is 5.18. The van der Waals surface area contributed by atoms with E-state index in [0.717, 1.165) is 13.0 Å². The highest BCUT2D eigenvalue weighted by Gasteiger charge is 2.42. The van der Waals surface area contributed by atoms with Crippen molar-refractivity contribution >= 4 is 0 Å². The number of benzene rings is 1. The summed E-state index contributed by atoms with van der Waals surface area (Å²) in [6, 6.07) is 11.2. The first-order valence-electron chi connectivity index (χ1n) is 6.71. The van der Waals surface area contributed by atoms with Gasteiger partial charge < -0.3 is 14.8 Å². The van der Waals surface area contributed by atoms with Crippen LogP contribution in [0.3, 0.4) is 0 Å². The maximum absolute atomic E-state index is 5.63. The quantitative estimate of drug-likeness (QED) is 0.840. The Labute approximate surface area is 109 Å². The van der Waals surface area contributed by atoms with E-state index in [9.17, 15) is 0 Å². The monoisotopic (exact) mass is 249 g/mol. The molecular formula is C15H23NO2. The third-order valence-corrected chi connectivity index (χ3v) is 3.67. The first-order chi connectivity index (χ1) is 8.76. The highest BCUT2D eigenvalue weighted by Crippen LogP contribution is 2.29. The SMILES string of the molecule is CCOC1CC(NC(C)c2ccccc2)C1OC. The normalized spacial score (nSPS) is 28.7. The molecule has 18 heavy (non-hydrogen) atoms. The zero-order valence-electron chi connectivity index (χ0n) is 11.4. The molecule has 2 rings (SSSR count). The lowest BCUT2D eigenvalue weighted by molar-refractivity contribution is -0.133. The molecule has 4 unspecified atom stereocenters. The summed E-state index contributed by atoms with van der Waals surface area (Å²) in [7, 11) is 1.76. The lowest BCUT2D eigenvalue weighted by Crippen LogP contribution is -2.60. The predicted octanol–water partition coefficient (Wildman–Crippen LogP) is 2.53. The van der Waals surface area contributed by atoms with Crippen molar-refractivity contribution < 1.29 is 9.47 Å². The van der Waals surface area contributed by atoms with Gasteiger partial charge in [0.25, 0.3) is 0 Å². The number of ether oxygens (including phenoxy) is 2. The van der Waals surface area contributed by atoms with E-state index < -0.39 is 0 Å². The van der Waals surface area contributed by atoms with Crippen LogP contribution >= 0.6 is 0 Å². The minimum Gasteiger partial charge on any atom is -0.377 e. The second-order valence-electron chi connectivity index (χ2n) is 4.84. The van der Waals surface area contributed by atoms with Crippen LogP contribution < -0.4 is 5.32 Å². The van der Waals surface area contributed by atoms with Crippen LogP contribution in [0.25, 0.3) is 0 Å². The average Bonchev–Trinajstić information content (AvgIpc) is 2.38. The van der Waals surface area contributed by atoms with E-state index in [4.69, 9.17) is 9.47 Å². The van der Waals surface area contributed by atoms with Crippen LogP contribution in [-0.4, -0.2) is 32.0 Å². The van der Waals surface area contributed by atoms with Gasteiger partial charge in [0.2, 0.25) is 0 Å². The van der Waals surface area contributed by atoms with Gasteiger partial charge in [-0.1, -0.05) is 30.3 Å². The van der Waals surface area contributed by atoms with E-state index in [1.54, 1.807) is 7.11 Å². The Morgan fingerprint density at radius 2 is 2.06 bits per heavy atom. The van der Waals surface area contributed by atoms with E-state index in [2.05, 4.69) is 36.5 Å². The van der Waals surface area contributed by atoms with Gasteiger partial charge >= 0.3 is 0 Å². The minimum absolute atomic E-state index is 0.177. The van der Waals surface area contributed by atoms with Gasteiger partial charge in [0.05, 0.1) is 12.2 Å². The van der Waals surface area contributed by atoms with E-state index in [1.165, 1.54) is 5.56 Å². The third kappa shape index (κ3) is 2.91. The summed E-state index contributed by atoms with van der Waals surface area (Å²) in [6.45, 7) is 4.97. The molecule has 0 saturated heterocycles. The van der Waals surface area contributed by atoms with E-state index in [-0.39, 0.29) is 12.2 Å². The largest absolute Gasteiger partial charge is 0.377 e. The van der Waals surface area contributed by atoms with Crippen LogP contribution in [0, 0.1) is 0 Å². The molecule has 0 radical (unpaired) electrons. The average molecular weight is 249 g/mol. The number of hydrogen-bond acceptors (Lipinski definition) is 3. The van der Waals surface area contributed by atoms with Gasteiger partial charge in [0.1, 0.15) is 0 Å². The Balaban J connectivity index is 1.87. The Morgan fingerprint density at radius 3 is 2.67 bits per heavy atom. The van der Waals surface area contributed by atoms with Crippen LogP contribution in [0.4, 0.5) is 0 Å². The van der Waals surface area contributed by atoms with Crippen molar-refractivity contribution in [2.45, 2.75) is 44.6 Å². The van der Waals surface area contributed by atoms with E-state index >= 15 is 0 Å². The van der Waals surface area contributed by atoms with E-state index in [0.29, 0.717) is 12.1 Å². The standard InChI is InChI=1S/C15H23NO2/c1-4-18-14-10-13(15(14)17-3)16-11(2)12-8-6-5-7-9-12/h5-9,11,13-16H,4,10H2,1-3H3. The molecule has 1 aromatic carbocycles. The van der Waals surface area contributed by atoms with Crippen molar-refractivity contribution in [2.24, 2.45) is 0 Å². The molecule has 0 aromatic heterocycles. The molecule has 0 aliphatic heterocycles. The van der Waals surface area contributed by atoms with Gasteiger partial charge in [0.15, 0.2) is 0 Å². The molecule has 1 aromatic rings. The number of hydrogen-bond donors (Lipinski definition) is 1. The number of rotatable bonds is 6. The molecule has 0 spiro atoms. The summed E-state index contributed by atoms with van der Waals surface area (Å²) in [6.07, 6.45) is 1.46. The molecule has 3 nitrogen and oxygen atoms in total. The fourth-order valence-corrected chi connectivity index (χ4v) is 2.60. The van der Waals surface area contributed by atoms with Gasteiger partial charge in [-0.25, -0.2) is 0 Å². The summed E-state index contributed by atoms with van der Waals surface area (Å²) in [5.74, 6) is 0. The lowest BCUT2D eigenvalue weighted by Gasteiger charge is -2.44. The highest BCUT2D eigenvalue weighted by atomic mass is 16.5. The summed E-state index contributed by atoms with van der Waals surface area (Å²) in [5.41, 5.74) is 1.31. The van der Waals surface area contributed by atoms with Crippen LogP contribution in [-0.2, 0) is 9.47 Å². The molecule has 0 bridgehead atoms. The van der Waals surface area contributed by atoms with Crippen LogP contribution in [0.5, 0.6) is 0 Å². The third-order valence-electron chi connectivity index (χ3n) is 3.67. The fourth-order valence-electron chi connectivity index (χ4n) is 2.60. The predicted molar refractivity (Wildman–Crippen MR) is 72.6 cm³/mol. The molecule has 0 amide bonds. The van der Waals surface area contributed by atoms with Crippen molar-refractivity contribution in [2.75, 3.05) is 13.7 Å². The van der Waals surface area contributed by atoms with Crippen molar-refractivity contribution in [3.63, 3.8) is 0 Å². The molecule has 100 valence electrons. The first kappa shape index (κ1) is 13.5. The number of nitrogens with one attached hydrogen (secondary N) is 1. The zero-order valence-corrected chi connectivity index (χ0v) is 11.4. The molecule has 0 heterocycles. The summed E-state index contributed by atoms with van der Waals surface area (Å²) in [5, 5.41) is 3.62. The van der Waals surface area contributed by atoms with Gasteiger partial charge in [-0.05, 0) is 25.8 Å². The van der Waals surface area contributed by atoms with Crippen molar-refractivity contribution in [3.8, 4) is 0 Å². The summed E-state index contributed by atoms with van der Waals surface area (Å²) in [4.78, 5) is 0. The molecule has 1 fully saturated rings. The smallest absolute Gasteiger partial charge is 0.0987 e. The Morgan fingerprint density at radius 1 is 1.33 bits per heavy atom.